The Bertz CT molecular complexity index is 818. The number of ether oxygens (including phenoxy) is 1. The quantitative estimate of drug-likeness (QED) is 0.708. The van der Waals surface area contributed by atoms with E-state index in [-0.39, 0.29) is 23.3 Å². The smallest absolute Gasteiger partial charge is 0.306 e. The number of piperidine rings is 1. The fraction of sp³-hybridized carbons (Fsp3) is 0.619. The van der Waals surface area contributed by atoms with Gasteiger partial charge in [0.25, 0.3) is 5.91 Å². The van der Waals surface area contributed by atoms with E-state index in [1.165, 1.54) is 16.4 Å². The molecule has 0 saturated carbocycles. The number of rotatable bonds is 6. The van der Waals surface area contributed by atoms with E-state index in [0.29, 0.717) is 30.6 Å². The van der Waals surface area contributed by atoms with Crippen molar-refractivity contribution in [2.45, 2.75) is 52.4 Å². The van der Waals surface area contributed by atoms with Crippen molar-refractivity contribution in [3.05, 3.63) is 24.3 Å². The average Bonchev–Trinajstić information content (AvgIpc) is 2.58. The molecule has 162 valence electrons. The van der Waals surface area contributed by atoms with Crippen LogP contribution in [0, 0.1) is 17.3 Å². The molecule has 7 nitrogen and oxygen atoms in total. The number of nitrogens with zero attached hydrogens (tertiary/aromatic N) is 1. The summed E-state index contributed by atoms with van der Waals surface area (Å²) in [5.41, 5.74) is 0.236. The summed E-state index contributed by atoms with van der Waals surface area (Å²) in [6, 6.07) is 6.05. The van der Waals surface area contributed by atoms with E-state index in [0.717, 1.165) is 6.42 Å². The molecule has 29 heavy (non-hydrogen) atoms. The molecule has 1 aliphatic heterocycles. The number of benzene rings is 1. The summed E-state index contributed by atoms with van der Waals surface area (Å²) in [6.45, 7) is 10.5. The highest BCUT2D eigenvalue weighted by molar-refractivity contribution is 7.89. The van der Waals surface area contributed by atoms with Crippen LogP contribution in [0.25, 0.3) is 0 Å². The van der Waals surface area contributed by atoms with Crippen molar-refractivity contribution in [2.75, 3.05) is 25.0 Å². The largest absolute Gasteiger partial charge is 0.456 e. The Morgan fingerprint density at radius 2 is 1.66 bits per heavy atom. The first-order valence-electron chi connectivity index (χ1n) is 9.92. The van der Waals surface area contributed by atoms with Crippen molar-refractivity contribution >= 4 is 27.6 Å². The monoisotopic (exact) mass is 424 g/mol. The second-order valence-electron chi connectivity index (χ2n) is 9.24. The third-order valence-corrected chi connectivity index (χ3v) is 6.50. The molecule has 1 amide bonds. The van der Waals surface area contributed by atoms with Crippen LogP contribution in [0.1, 0.15) is 47.5 Å². The molecule has 0 spiro atoms. The van der Waals surface area contributed by atoms with Crippen LogP contribution in [0.2, 0.25) is 0 Å². The Kier molecular flexibility index (Phi) is 7.45. The van der Waals surface area contributed by atoms with Crippen molar-refractivity contribution in [3.63, 3.8) is 0 Å². The molecule has 1 saturated heterocycles. The van der Waals surface area contributed by atoms with E-state index in [1.807, 2.05) is 20.8 Å². The second-order valence-corrected chi connectivity index (χ2v) is 11.2. The first kappa shape index (κ1) is 23.3. The van der Waals surface area contributed by atoms with Crippen molar-refractivity contribution in [1.29, 1.82) is 0 Å². The molecule has 1 fully saturated rings. The van der Waals surface area contributed by atoms with Crippen molar-refractivity contribution in [2.24, 2.45) is 17.3 Å². The molecule has 0 aliphatic carbocycles. The van der Waals surface area contributed by atoms with Crippen LogP contribution in [0.3, 0.4) is 0 Å². The number of hydrogen-bond donors (Lipinski definition) is 1. The van der Waals surface area contributed by atoms with E-state index in [2.05, 4.69) is 19.2 Å². The summed E-state index contributed by atoms with van der Waals surface area (Å²) in [5, 5.41) is 2.61. The number of hydrogen-bond acceptors (Lipinski definition) is 5. The Morgan fingerprint density at radius 1 is 1.10 bits per heavy atom. The normalized spacial score (nSPS) is 20.9. The number of sulfonamides is 1. The fourth-order valence-electron chi connectivity index (χ4n) is 3.49. The zero-order chi connectivity index (χ0) is 21.8. The van der Waals surface area contributed by atoms with Gasteiger partial charge in [-0.05, 0) is 47.9 Å². The number of amides is 1. The van der Waals surface area contributed by atoms with Gasteiger partial charge in [0.1, 0.15) is 0 Å². The number of carbonyl (C=O) groups is 2. The summed E-state index contributed by atoms with van der Waals surface area (Å²) in [4.78, 5) is 23.9. The molecular formula is C21H32N2O5S. The standard InChI is InChI=1S/C21H32N2O5S/c1-15-10-16(2)13-23(12-15)29(26,27)18-8-6-17(7-9-18)22-19(24)14-28-20(25)11-21(3,4)5/h6-9,15-16H,10-14H2,1-5H3,(H,22,24)/t15-,16-/m0/s1. The number of carbonyl (C=O) groups excluding carboxylic acids is 2. The molecule has 1 aliphatic rings. The van der Waals surface area contributed by atoms with Gasteiger partial charge in [0.15, 0.2) is 6.61 Å². The molecular weight excluding hydrogens is 392 g/mol. The first-order chi connectivity index (χ1) is 13.4. The molecule has 1 aromatic rings. The van der Waals surface area contributed by atoms with Gasteiger partial charge in [0, 0.05) is 18.8 Å². The number of esters is 1. The van der Waals surface area contributed by atoms with Crippen LogP contribution in [0.5, 0.6) is 0 Å². The fourth-order valence-corrected chi connectivity index (χ4v) is 5.17. The molecule has 0 aromatic heterocycles. The lowest BCUT2D eigenvalue weighted by Crippen LogP contribution is -2.42. The highest BCUT2D eigenvalue weighted by atomic mass is 32.2. The van der Waals surface area contributed by atoms with E-state index < -0.39 is 21.9 Å². The minimum Gasteiger partial charge on any atom is -0.456 e. The molecule has 1 N–H and O–H groups in total. The zero-order valence-corrected chi connectivity index (χ0v) is 18.7. The maximum absolute atomic E-state index is 12.9. The highest BCUT2D eigenvalue weighted by Gasteiger charge is 2.31. The third-order valence-electron chi connectivity index (χ3n) is 4.65. The Hall–Kier alpha value is -1.93. The van der Waals surface area contributed by atoms with Crippen LogP contribution in [-0.4, -0.2) is 44.3 Å². The maximum Gasteiger partial charge on any atom is 0.306 e. The van der Waals surface area contributed by atoms with Gasteiger partial charge in [0.05, 0.1) is 11.3 Å². The number of anilines is 1. The summed E-state index contributed by atoms with van der Waals surface area (Å²) in [6.07, 6.45) is 1.25. The Balaban J connectivity index is 1.94. The lowest BCUT2D eigenvalue weighted by atomic mass is 9.92. The zero-order valence-electron chi connectivity index (χ0n) is 17.9. The average molecular weight is 425 g/mol. The van der Waals surface area contributed by atoms with Gasteiger partial charge < -0.3 is 10.1 Å². The van der Waals surface area contributed by atoms with Crippen LogP contribution in [0.4, 0.5) is 5.69 Å². The molecule has 0 radical (unpaired) electrons. The van der Waals surface area contributed by atoms with Gasteiger partial charge in [0.2, 0.25) is 10.0 Å². The topological polar surface area (TPSA) is 92.8 Å². The first-order valence-corrected chi connectivity index (χ1v) is 11.4. The summed E-state index contributed by atoms with van der Waals surface area (Å²) in [7, 11) is -3.56. The predicted molar refractivity (Wildman–Crippen MR) is 112 cm³/mol. The van der Waals surface area contributed by atoms with E-state index >= 15 is 0 Å². The van der Waals surface area contributed by atoms with E-state index in [4.69, 9.17) is 4.74 Å². The molecule has 0 unspecified atom stereocenters. The minimum absolute atomic E-state index is 0.202. The number of nitrogens with one attached hydrogen (secondary N) is 1. The van der Waals surface area contributed by atoms with Gasteiger partial charge in [-0.3, -0.25) is 9.59 Å². The van der Waals surface area contributed by atoms with Crippen LogP contribution in [0.15, 0.2) is 29.2 Å². The van der Waals surface area contributed by atoms with Gasteiger partial charge in [-0.15, -0.1) is 0 Å². The van der Waals surface area contributed by atoms with Gasteiger partial charge in [-0.2, -0.15) is 4.31 Å². The van der Waals surface area contributed by atoms with Crippen LogP contribution < -0.4 is 5.32 Å². The SMILES string of the molecule is C[C@H]1C[C@H](C)CN(S(=O)(=O)c2ccc(NC(=O)COC(=O)CC(C)(C)C)cc2)C1. The van der Waals surface area contributed by atoms with Crippen LogP contribution >= 0.6 is 0 Å². The van der Waals surface area contributed by atoms with Gasteiger partial charge >= 0.3 is 5.97 Å². The van der Waals surface area contributed by atoms with Crippen molar-refractivity contribution < 1.29 is 22.7 Å². The molecule has 2 atom stereocenters. The lowest BCUT2D eigenvalue weighted by molar-refractivity contribution is -0.149. The minimum atomic E-state index is -3.56. The molecule has 1 heterocycles. The van der Waals surface area contributed by atoms with Gasteiger partial charge in [-0.25, -0.2) is 8.42 Å². The second kappa shape index (κ2) is 9.26. The molecule has 2 rings (SSSR count). The molecule has 0 bridgehead atoms. The summed E-state index contributed by atoms with van der Waals surface area (Å²) in [5.74, 6) is -0.248. The van der Waals surface area contributed by atoms with E-state index in [9.17, 15) is 18.0 Å². The predicted octanol–water partition coefficient (Wildman–Crippen LogP) is 3.27. The summed E-state index contributed by atoms with van der Waals surface area (Å²) < 4.78 is 32.3. The lowest BCUT2D eigenvalue weighted by Gasteiger charge is -2.34. The molecule has 1 aromatic carbocycles. The van der Waals surface area contributed by atoms with E-state index in [1.54, 1.807) is 12.1 Å². The van der Waals surface area contributed by atoms with Crippen molar-refractivity contribution in [1.82, 2.24) is 4.31 Å². The Morgan fingerprint density at radius 3 is 2.17 bits per heavy atom. The maximum atomic E-state index is 12.9. The third kappa shape index (κ3) is 7.12. The van der Waals surface area contributed by atoms with Crippen LogP contribution in [-0.2, 0) is 24.3 Å². The van der Waals surface area contributed by atoms with Crippen molar-refractivity contribution in [3.8, 4) is 0 Å². The van der Waals surface area contributed by atoms with Gasteiger partial charge in [-0.1, -0.05) is 34.6 Å². The highest BCUT2D eigenvalue weighted by Crippen LogP contribution is 2.27. The Labute approximate surface area is 173 Å². The summed E-state index contributed by atoms with van der Waals surface area (Å²) >= 11 is 0. The molecule has 8 heteroatoms.